The molecule has 0 fully saturated rings. The normalized spacial score (nSPS) is 18.5. The van der Waals surface area contributed by atoms with E-state index in [9.17, 15) is 28.0 Å². The van der Waals surface area contributed by atoms with Gasteiger partial charge in [0.15, 0.2) is 0 Å². The van der Waals surface area contributed by atoms with Crippen molar-refractivity contribution in [1.82, 2.24) is 0 Å². The molecule has 24 heteroatoms. The largest absolute Gasteiger partial charge is 0.472 e. The summed E-state index contributed by atoms with van der Waals surface area (Å²) < 4.78 is 103. The van der Waals surface area contributed by atoms with Crippen LogP contribution >= 0.6 is 31.3 Å². The molecule has 0 aromatic heterocycles. The van der Waals surface area contributed by atoms with Crippen molar-refractivity contribution in [2.45, 2.75) is 6.92 Å². The maximum atomic E-state index is 11.9. The first kappa shape index (κ1) is 42.3. The highest BCUT2D eigenvalue weighted by Gasteiger charge is 2.25. The number of hydrogen-bond donors (Lipinski definition) is 4. The van der Waals surface area contributed by atoms with E-state index in [4.69, 9.17) is 46.8 Å². The smallest absolute Gasteiger partial charge is 0.377 e. The van der Waals surface area contributed by atoms with Crippen LogP contribution in [0.2, 0.25) is 0 Å². The monoisotopic (exact) mass is 702 g/mol. The summed E-state index contributed by atoms with van der Waals surface area (Å²) in [7, 11) is -14.9. The fourth-order valence-corrected chi connectivity index (χ4v) is 4.63. The Kier molecular flexibility index (Phi) is 23.8. The molecule has 0 rings (SSSR count). The molecular formula is C18H42O20P4. The van der Waals surface area contributed by atoms with Crippen molar-refractivity contribution in [3.8, 4) is 0 Å². The minimum absolute atomic E-state index is 0.0199. The summed E-state index contributed by atoms with van der Waals surface area (Å²) in [4.78, 5) is 37.4. The van der Waals surface area contributed by atoms with Crippen molar-refractivity contribution in [2.75, 3.05) is 107 Å². The molecule has 0 spiro atoms. The molecule has 254 valence electrons. The summed E-state index contributed by atoms with van der Waals surface area (Å²) in [6, 6.07) is 0. The van der Waals surface area contributed by atoms with Gasteiger partial charge in [0.25, 0.3) is 0 Å². The van der Waals surface area contributed by atoms with E-state index in [0.29, 0.717) is 0 Å². The van der Waals surface area contributed by atoms with Gasteiger partial charge >= 0.3 is 31.3 Å². The van der Waals surface area contributed by atoms with Crippen molar-refractivity contribution in [3.63, 3.8) is 0 Å². The topological polar surface area (TPSA) is 260 Å². The van der Waals surface area contributed by atoms with Crippen LogP contribution in [0.25, 0.3) is 0 Å². The molecule has 0 aromatic rings. The third kappa shape index (κ3) is 26.7. The summed E-state index contributed by atoms with van der Waals surface area (Å²) in [5.74, 6) is -0.583. The Bertz CT molecular complexity index is 808. The van der Waals surface area contributed by atoms with Crippen molar-refractivity contribution >= 4 is 31.3 Å². The van der Waals surface area contributed by atoms with E-state index in [1.165, 1.54) is 6.92 Å². The molecule has 0 radical (unpaired) electrons. The Balaban J connectivity index is 3.78. The second-order valence-electron chi connectivity index (χ2n) is 7.72. The lowest BCUT2D eigenvalue weighted by Crippen LogP contribution is -2.14. The Morgan fingerprint density at radius 1 is 0.429 bits per heavy atom. The van der Waals surface area contributed by atoms with Crippen LogP contribution in [0.5, 0.6) is 0 Å². The van der Waals surface area contributed by atoms with Gasteiger partial charge in [-0.2, -0.15) is 0 Å². The van der Waals surface area contributed by atoms with Crippen LogP contribution in [0.1, 0.15) is 6.92 Å². The average molecular weight is 702 g/mol. The number of phosphoric ester groups is 4. The lowest BCUT2D eigenvalue weighted by Gasteiger charge is -2.17. The molecule has 0 amide bonds. The summed E-state index contributed by atoms with van der Waals surface area (Å²) in [5, 5.41) is 0. The molecule has 0 heterocycles. The molecule has 4 atom stereocenters. The van der Waals surface area contributed by atoms with Gasteiger partial charge in [0.2, 0.25) is 0 Å². The zero-order valence-corrected chi connectivity index (χ0v) is 27.2. The molecule has 0 bridgehead atoms. The minimum Gasteiger partial charge on any atom is -0.377 e. The Morgan fingerprint density at radius 3 is 0.929 bits per heavy atom. The number of ether oxygens (including phenoxy) is 4. The first-order chi connectivity index (χ1) is 19.6. The highest BCUT2D eigenvalue weighted by Crippen LogP contribution is 2.45. The van der Waals surface area contributed by atoms with E-state index in [0.717, 1.165) is 14.2 Å². The molecule has 4 N–H and O–H groups in total. The van der Waals surface area contributed by atoms with Crippen molar-refractivity contribution in [2.24, 2.45) is 5.92 Å². The van der Waals surface area contributed by atoms with Crippen LogP contribution < -0.4 is 0 Å². The summed E-state index contributed by atoms with van der Waals surface area (Å²) >= 11 is 0. The average Bonchev–Trinajstić information content (AvgIpc) is 2.92. The van der Waals surface area contributed by atoms with Crippen LogP contribution in [0, 0.1) is 5.92 Å². The van der Waals surface area contributed by atoms with E-state index in [2.05, 4.69) is 18.1 Å². The second-order valence-corrected chi connectivity index (χ2v) is 13.7. The van der Waals surface area contributed by atoms with Crippen LogP contribution in [-0.4, -0.2) is 126 Å². The Morgan fingerprint density at radius 2 is 0.667 bits per heavy atom. The van der Waals surface area contributed by atoms with Gasteiger partial charge < -0.3 is 38.5 Å². The summed E-state index contributed by atoms with van der Waals surface area (Å²) in [6.45, 7) is 0.421. The molecule has 0 aromatic carbocycles. The fourth-order valence-electron chi connectivity index (χ4n) is 2.16. The first-order valence-electron chi connectivity index (χ1n) is 12.2. The van der Waals surface area contributed by atoms with E-state index < -0.39 is 37.2 Å². The Hall–Kier alpha value is 0.280. The molecular weight excluding hydrogens is 660 g/mol. The number of hydrogen-bond acceptors (Lipinski definition) is 16. The lowest BCUT2D eigenvalue weighted by atomic mass is 10.2. The summed E-state index contributed by atoms with van der Waals surface area (Å²) in [6.07, 6.45) is 0. The molecule has 4 unspecified atom stereocenters. The fraction of sp³-hybridized carbons (Fsp3) is 1.00. The van der Waals surface area contributed by atoms with Crippen molar-refractivity contribution in [1.29, 1.82) is 0 Å². The highest BCUT2D eigenvalue weighted by molar-refractivity contribution is 7.48. The van der Waals surface area contributed by atoms with E-state index in [1.54, 1.807) is 0 Å². The van der Waals surface area contributed by atoms with Gasteiger partial charge in [-0.25, -0.2) is 18.3 Å². The number of rotatable bonds is 30. The van der Waals surface area contributed by atoms with Crippen LogP contribution in [0.3, 0.4) is 0 Å². The van der Waals surface area contributed by atoms with Gasteiger partial charge in [0.1, 0.15) is 0 Å². The zero-order valence-electron chi connectivity index (χ0n) is 23.6. The second kappa shape index (κ2) is 23.6. The standard InChI is InChI=1S/C18H42O20P4/c1-18(16-37-41(23,24)35-14-10-31-6-4-29-8-12-33-39(19,20)27-2)17-38-42(25,26)36-15-11-32-7-5-30-9-13-34-40(21,22)28-3/h18H,4-17H2,1-3H3,(H,19,20)(H,21,22)(H,23,24)(H,25,26). The molecule has 0 aliphatic carbocycles. The van der Waals surface area contributed by atoms with E-state index in [1.807, 2.05) is 0 Å². The maximum absolute atomic E-state index is 11.9. The molecule has 0 saturated heterocycles. The predicted octanol–water partition coefficient (Wildman–Crippen LogP) is 1.48. The van der Waals surface area contributed by atoms with E-state index >= 15 is 0 Å². The van der Waals surface area contributed by atoms with Gasteiger partial charge in [-0.1, -0.05) is 6.92 Å². The van der Waals surface area contributed by atoms with Crippen LogP contribution in [0.15, 0.2) is 0 Å². The molecule has 0 aliphatic rings. The minimum atomic E-state index is -4.42. The third-order valence-electron chi connectivity index (χ3n) is 4.18. The van der Waals surface area contributed by atoms with Gasteiger partial charge in [-0.3, -0.25) is 36.2 Å². The van der Waals surface area contributed by atoms with Gasteiger partial charge in [0.05, 0.1) is 92.5 Å². The summed E-state index contributed by atoms with van der Waals surface area (Å²) in [5.41, 5.74) is 0. The maximum Gasteiger partial charge on any atom is 0.472 e. The SMILES string of the molecule is COP(=O)(O)OCCOCCOCCOP(=O)(O)OCC(C)COP(=O)(O)OCCOCCOCCOP(=O)(O)OC. The number of phosphoric acid groups is 4. The van der Waals surface area contributed by atoms with Crippen molar-refractivity contribution in [3.05, 3.63) is 0 Å². The van der Waals surface area contributed by atoms with Gasteiger partial charge in [-0.15, -0.1) is 0 Å². The molecule has 20 nitrogen and oxygen atoms in total. The molecule has 0 saturated carbocycles. The molecule has 42 heavy (non-hydrogen) atoms. The quantitative estimate of drug-likeness (QED) is 0.0610. The zero-order chi connectivity index (χ0) is 32.0. The lowest BCUT2D eigenvalue weighted by molar-refractivity contribution is 0.0165. The first-order valence-corrected chi connectivity index (χ1v) is 18.2. The van der Waals surface area contributed by atoms with Gasteiger partial charge in [0, 0.05) is 20.1 Å². The molecule has 0 aliphatic heterocycles. The third-order valence-corrected chi connectivity index (χ3v) is 8.09. The highest BCUT2D eigenvalue weighted by atomic mass is 31.2. The van der Waals surface area contributed by atoms with Crippen molar-refractivity contribution < 1.29 is 93.0 Å². The van der Waals surface area contributed by atoms with Crippen LogP contribution in [0.4, 0.5) is 0 Å². The van der Waals surface area contributed by atoms with E-state index in [-0.39, 0.29) is 92.5 Å². The van der Waals surface area contributed by atoms with Crippen LogP contribution in [-0.2, 0) is 73.4 Å². The Labute approximate surface area is 244 Å². The predicted molar refractivity (Wildman–Crippen MR) is 141 cm³/mol. The van der Waals surface area contributed by atoms with Gasteiger partial charge in [-0.05, 0) is 0 Å².